The van der Waals surface area contributed by atoms with Crippen LogP contribution in [-0.4, -0.2) is 29.6 Å². The van der Waals surface area contributed by atoms with Gasteiger partial charge in [0.1, 0.15) is 28.2 Å². The molecular weight excluding hydrogens is 444 g/mol. The third-order valence-electron chi connectivity index (χ3n) is 4.79. The van der Waals surface area contributed by atoms with Crippen molar-refractivity contribution in [2.75, 3.05) is 11.9 Å². The molecule has 3 aromatic rings. The van der Waals surface area contributed by atoms with Crippen molar-refractivity contribution < 1.29 is 28.6 Å². The number of thiophene rings is 1. The van der Waals surface area contributed by atoms with Gasteiger partial charge >= 0.3 is 11.9 Å². The summed E-state index contributed by atoms with van der Waals surface area (Å²) >= 11 is 1.23. The van der Waals surface area contributed by atoms with Crippen molar-refractivity contribution in [1.29, 1.82) is 5.26 Å². The Balaban J connectivity index is 1.83. The number of anilines is 1. The van der Waals surface area contributed by atoms with Gasteiger partial charge in [0.25, 0.3) is 5.91 Å². The normalized spacial score (nSPS) is 11.0. The molecule has 8 nitrogen and oxygen atoms in total. The highest BCUT2D eigenvalue weighted by Gasteiger charge is 2.23. The van der Waals surface area contributed by atoms with E-state index in [1.807, 2.05) is 13.0 Å². The largest absolute Gasteiger partial charge is 0.478 e. The van der Waals surface area contributed by atoms with Gasteiger partial charge in [0.2, 0.25) is 0 Å². The molecule has 0 saturated heterocycles. The number of aromatic carboxylic acids is 1. The van der Waals surface area contributed by atoms with E-state index in [0.29, 0.717) is 21.9 Å². The zero-order valence-electron chi connectivity index (χ0n) is 18.1. The van der Waals surface area contributed by atoms with E-state index >= 15 is 0 Å². The van der Waals surface area contributed by atoms with Crippen LogP contribution in [0.4, 0.5) is 5.00 Å². The van der Waals surface area contributed by atoms with Gasteiger partial charge in [-0.25, -0.2) is 9.59 Å². The molecule has 2 heterocycles. The van der Waals surface area contributed by atoms with Gasteiger partial charge in [0, 0.05) is 16.5 Å². The minimum absolute atomic E-state index is 0.148. The minimum atomic E-state index is -1.03. The topological polar surface area (TPSA) is 130 Å². The van der Waals surface area contributed by atoms with Crippen LogP contribution in [0, 0.1) is 25.2 Å². The summed E-state index contributed by atoms with van der Waals surface area (Å²) in [5, 5.41) is 21.4. The van der Waals surface area contributed by atoms with E-state index in [2.05, 4.69) is 5.32 Å². The molecule has 0 saturated carbocycles. The molecule has 0 spiro atoms. The van der Waals surface area contributed by atoms with E-state index in [1.54, 1.807) is 38.1 Å². The number of carbonyl (C=O) groups excluding carboxylic acids is 2. The minimum Gasteiger partial charge on any atom is -0.478 e. The average Bonchev–Trinajstić information content (AvgIpc) is 3.36. The van der Waals surface area contributed by atoms with Gasteiger partial charge in [0.15, 0.2) is 0 Å². The van der Waals surface area contributed by atoms with Crippen LogP contribution in [-0.2, 0) is 9.53 Å². The fourth-order valence-electron chi connectivity index (χ4n) is 2.99. The van der Waals surface area contributed by atoms with E-state index in [-0.39, 0.29) is 29.1 Å². The second-order valence-corrected chi connectivity index (χ2v) is 8.14. The SMILES string of the molecule is CCOC(=O)c1c(NC(=O)C(C#N)=Cc2ccc(-c3ccc(C(=O)O)cc3)o2)sc(C)c1C. The summed E-state index contributed by atoms with van der Waals surface area (Å²) in [5.74, 6) is -1.54. The second-order valence-electron chi connectivity index (χ2n) is 6.92. The Bertz CT molecular complexity index is 1290. The van der Waals surface area contributed by atoms with Crippen LogP contribution in [0.15, 0.2) is 46.4 Å². The molecule has 0 aliphatic carbocycles. The van der Waals surface area contributed by atoms with Gasteiger partial charge in [-0.3, -0.25) is 4.79 Å². The number of amides is 1. The first-order valence-electron chi connectivity index (χ1n) is 9.89. The summed E-state index contributed by atoms with van der Waals surface area (Å²) in [5.41, 5.74) is 1.56. The lowest BCUT2D eigenvalue weighted by atomic mass is 10.1. The highest BCUT2D eigenvalue weighted by atomic mass is 32.1. The smallest absolute Gasteiger partial charge is 0.341 e. The molecule has 0 unspecified atom stereocenters. The van der Waals surface area contributed by atoms with Gasteiger partial charge in [-0.05, 0) is 50.6 Å². The molecule has 168 valence electrons. The first kappa shape index (κ1) is 23.5. The Kier molecular flexibility index (Phi) is 7.10. The van der Waals surface area contributed by atoms with E-state index < -0.39 is 17.8 Å². The van der Waals surface area contributed by atoms with Gasteiger partial charge in [0.05, 0.1) is 17.7 Å². The second kappa shape index (κ2) is 9.97. The first-order chi connectivity index (χ1) is 15.7. The number of esters is 1. The number of nitriles is 1. The molecule has 0 aliphatic rings. The number of rotatable bonds is 7. The first-order valence-corrected chi connectivity index (χ1v) is 10.7. The lowest BCUT2D eigenvalue weighted by Gasteiger charge is -2.06. The molecule has 0 radical (unpaired) electrons. The predicted octanol–water partition coefficient (Wildman–Crippen LogP) is 5.05. The van der Waals surface area contributed by atoms with Crippen molar-refractivity contribution in [1.82, 2.24) is 0 Å². The van der Waals surface area contributed by atoms with Gasteiger partial charge in [-0.2, -0.15) is 5.26 Å². The zero-order chi connectivity index (χ0) is 24.1. The van der Waals surface area contributed by atoms with Gasteiger partial charge < -0.3 is 19.6 Å². The Morgan fingerprint density at radius 2 is 1.88 bits per heavy atom. The number of benzene rings is 1. The van der Waals surface area contributed by atoms with Crippen molar-refractivity contribution >= 4 is 40.3 Å². The van der Waals surface area contributed by atoms with E-state index in [4.69, 9.17) is 14.3 Å². The average molecular weight is 464 g/mol. The Morgan fingerprint density at radius 3 is 2.48 bits per heavy atom. The number of nitrogens with zero attached hydrogens (tertiary/aromatic N) is 1. The number of hydrogen-bond donors (Lipinski definition) is 2. The molecule has 1 aromatic carbocycles. The monoisotopic (exact) mass is 464 g/mol. The third-order valence-corrected chi connectivity index (χ3v) is 5.91. The van der Waals surface area contributed by atoms with E-state index in [1.165, 1.54) is 29.5 Å². The Hall–Kier alpha value is -4.16. The van der Waals surface area contributed by atoms with Crippen LogP contribution in [0.1, 0.15) is 43.8 Å². The zero-order valence-corrected chi connectivity index (χ0v) is 18.9. The molecular formula is C24H20N2O6S. The van der Waals surface area contributed by atoms with Crippen LogP contribution in [0.3, 0.4) is 0 Å². The fraction of sp³-hybridized carbons (Fsp3) is 0.167. The maximum atomic E-state index is 12.7. The van der Waals surface area contributed by atoms with Crippen LogP contribution < -0.4 is 5.32 Å². The van der Waals surface area contributed by atoms with Crippen molar-refractivity contribution in [2.45, 2.75) is 20.8 Å². The summed E-state index contributed by atoms with van der Waals surface area (Å²) in [6, 6.07) is 11.2. The molecule has 0 atom stereocenters. The van der Waals surface area contributed by atoms with Gasteiger partial charge in [-0.15, -0.1) is 11.3 Å². The quantitative estimate of drug-likeness (QED) is 0.284. The molecule has 3 rings (SSSR count). The number of furan rings is 1. The van der Waals surface area contributed by atoms with Crippen molar-refractivity contribution in [2.24, 2.45) is 0 Å². The number of carbonyl (C=O) groups is 3. The number of carboxylic acid groups (broad SMARTS) is 1. The Labute approximate surface area is 193 Å². The van der Waals surface area contributed by atoms with Crippen LogP contribution in [0.5, 0.6) is 0 Å². The lowest BCUT2D eigenvalue weighted by molar-refractivity contribution is -0.112. The molecule has 33 heavy (non-hydrogen) atoms. The maximum absolute atomic E-state index is 12.7. The number of nitrogens with one attached hydrogen (secondary N) is 1. The van der Waals surface area contributed by atoms with Crippen molar-refractivity contribution in [3.05, 3.63) is 69.3 Å². The predicted molar refractivity (Wildman–Crippen MR) is 123 cm³/mol. The molecule has 9 heteroatoms. The molecule has 2 N–H and O–H groups in total. The van der Waals surface area contributed by atoms with Crippen LogP contribution >= 0.6 is 11.3 Å². The fourth-order valence-corrected chi connectivity index (χ4v) is 4.03. The standard InChI is InChI=1S/C24H20N2O6S/c1-4-31-24(30)20-13(2)14(3)33-22(20)26-21(27)17(12-25)11-18-9-10-19(32-18)15-5-7-16(8-6-15)23(28)29/h5-11H,4H2,1-3H3,(H,26,27)(H,28,29). The number of aryl methyl sites for hydroxylation is 1. The van der Waals surface area contributed by atoms with Crippen molar-refractivity contribution in [3.8, 4) is 17.4 Å². The molecule has 0 fully saturated rings. The summed E-state index contributed by atoms with van der Waals surface area (Å²) in [6.45, 7) is 5.48. The lowest BCUT2D eigenvalue weighted by Crippen LogP contribution is -2.16. The van der Waals surface area contributed by atoms with Crippen LogP contribution in [0.2, 0.25) is 0 Å². The Morgan fingerprint density at radius 1 is 1.18 bits per heavy atom. The highest BCUT2D eigenvalue weighted by Crippen LogP contribution is 2.33. The molecule has 2 aromatic heterocycles. The van der Waals surface area contributed by atoms with Crippen LogP contribution in [0.25, 0.3) is 17.4 Å². The summed E-state index contributed by atoms with van der Waals surface area (Å²) in [7, 11) is 0. The summed E-state index contributed by atoms with van der Waals surface area (Å²) in [6.07, 6.45) is 1.29. The van der Waals surface area contributed by atoms with E-state index in [0.717, 1.165) is 4.88 Å². The number of hydrogen-bond acceptors (Lipinski definition) is 7. The number of carboxylic acids is 1. The number of ether oxygens (including phenoxy) is 1. The maximum Gasteiger partial charge on any atom is 0.341 e. The molecule has 0 bridgehead atoms. The summed E-state index contributed by atoms with van der Waals surface area (Å²) in [4.78, 5) is 36.9. The third kappa shape index (κ3) is 5.19. The van der Waals surface area contributed by atoms with E-state index in [9.17, 15) is 19.6 Å². The summed E-state index contributed by atoms with van der Waals surface area (Å²) < 4.78 is 10.8. The molecule has 1 amide bonds. The molecule has 0 aliphatic heterocycles. The van der Waals surface area contributed by atoms with Crippen molar-refractivity contribution in [3.63, 3.8) is 0 Å². The van der Waals surface area contributed by atoms with Gasteiger partial charge in [-0.1, -0.05) is 12.1 Å². The highest BCUT2D eigenvalue weighted by molar-refractivity contribution is 7.16.